The standard InChI is InChI=1S/C23H33N3O3/c1-17-12-18(2)14-25(13-17)21(27)15-26-16-23(8-10-24(3)11-9-23)29-20-7-5-4-6-19(20)22(26)28/h4-7,17-18H,8-16H2,1-3H3/t17-,18-/m1/s1. The van der Waals surface area contributed by atoms with E-state index < -0.39 is 5.60 Å². The van der Waals surface area contributed by atoms with Crippen molar-refractivity contribution in [2.45, 2.75) is 38.7 Å². The molecule has 0 saturated carbocycles. The Bertz CT molecular complexity index is 762. The Labute approximate surface area is 173 Å². The zero-order valence-electron chi connectivity index (χ0n) is 17.9. The van der Waals surface area contributed by atoms with E-state index in [1.165, 1.54) is 0 Å². The molecule has 2 saturated heterocycles. The first kappa shape index (κ1) is 20.2. The van der Waals surface area contributed by atoms with Gasteiger partial charge in [0.25, 0.3) is 5.91 Å². The number of hydrogen-bond donors (Lipinski definition) is 0. The van der Waals surface area contributed by atoms with E-state index in [2.05, 4.69) is 25.8 Å². The summed E-state index contributed by atoms with van der Waals surface area (Å²) in [5.41, 5.74) is 0.147. The van der Waals surface area contributed by atoms with Crippen molar-refractivity contribution >= 4 is 11.8 Å². The maximum Gasteiger partial charge on any atom is 0.258 e. The zero-order chi connectivity index (χ0) is 20.6. The number of benzene rings is 1. The highest BCUT2D eigenvalue weighted by Crippen LogP contribution is 2.35. The fourth-order valence-electron chi connectivity index (χ4n) is 5.13. The number of carbonyl (C=O) groups is 2. The summed E-state index contributed by atoms with van der Waals surface area (Å²) in [5.74, 6) is 1.62. The fourth-order valence-corrected chi connectivity index (χ4v) is 5.13. The summed E-state index contributed by atoms with van der Waals surface area (Å²) in [5, 5.41) is 0. The summed E-state index contributed by atoms with van der Waals surface area (Å²) in [6, 6.07) is 7.47. The van der Waals surface area contributed by atoms with Gasteiger partial charge in [0, 0.05) is 39.0 Å². The lowest BCUT2D eigenvalue weighted by Crippen LogP contribution is -2.55. The predicted molar refractivity (Wildman–Crippen MR) is 112 cm³/mol. The molecule has 0 unspecified atom stereocenters. The van der Waals surface area contributed by atoms with E-state index in [1.807, 2.05) is 29.2 Å². The van der Waals surface area contributed by atoms with Crippen LogP contribution in [0.2, 0.25) is 0 Å². The molecule has 0 aliphatic carbocycles. The molecule has 0 N–H and O–H groups in total. The monoisotopic (exact) mass is 399 g/mol. The van der Waals surface area contributed by atoms with Crippen molar-refractivity contribution in [3.05, 3.63) is 29.8 Å². The third-order valence-corrected chi connectivity index (χ3v) is 6.66. The molecule has 0 bridgehead atoms. The van der Waals surface area contributed by atoms with Crippen LogP contribution in [-0.2, 0) is 4.79 Å². The number of fused-ring (bicyclic) bond motifs is 1. The zero-order valence-corrected chi connectivity index (χ0v) is 17.9. The Morgan fingerprint density at radius 1 is 1.14 bits per heavy atom. The van der Waals surface area contributed by atoms with E-state index in [1.54, 1.807) is 4.90 Å². The molecular formula is C23H33N3O3. The minimum absolute atomic E-state index is 0.0548. The largest absolute Gasteiger partial charge is 0.484 e. The van der Waals surface area contributed by atoms with Gasteiger partial charge < -0.3 is 19.4 Å². The smallest absolute Gasteiger partial charge is 0.258 e. The van der Waals surface area contributed by atoms with Crippen molar-refractivity contribution in [2.75, 3.05) is 46.3 Å². The molecule has 1 spiro atoms. The molecule has 6 heteroatoms. The van der Waals surface area contributed by atoms with Crippen LogP contribution < -0.4 is 4.74 Å². The molecule has 0 aromatic heterocycles. The van der Waals surface area contributed by atoms with Crippen molar-refractivity contribution in [3.63, 3.8) is 0 Å². The van der Waals surface area contributed by atoms with Gasteiger partial charge in [-0.05, 0) is 37.4 Å². The molecular weight excluding hydrogens is 366 g/mol. The van der Waals surface area contributed by atoms with Gasteiger partial charge in [-0.1, -0.05) is 26.0 Å². The number of nitrogens with zero attached hydrogens (tertiary/aromatic N) is 3. The summed E-state index contributed by atoms with van der Waals surface area (Å²) in [7, 11) is 2.11. The van der Waals surface area contributed by atoms with Crippen LogP contribution in [0, 0.1) is 11.8 Å². The van der Waals surface area contributed by atoms with Crippen molar-refractivity contribution in [1.29, 1.82) is 0 Å². The van der Waals surface area contributed by atoms with Gasteiger partial charge >= 0.3 is 0 Å². The quantitative estimate of drug-likeness (QED) is 0.767. The Balaban J connectivity index is 1.58. The van der Waals surface area contributed by atoms with Crippen molar-refractivity contribution in [3.8, 4) is 5.75 Å². The second kappa shape index (κ2) is 7.98. The average Bonchev–Trinajstić information content (AvgIpc) is 2.79. The molecule has 3 aliphatic rings. The number of piperidine rings is 2. The number of hydrogen-bond acceptors (Lipinski definition) is 4. The van der Waals surface area contributed by atoms with Crippen LogP contribution >= 0.6 is 0 Å². The molecule has 1 aromatic rings. The molecule has 1 aromatic carbocycles. The second-order valence-corrected chi connectivity index (χ2v) is 9.49. The van der Waals surface area contributed by atoms with Crippen LogP contribution in [-0.4, -0.2) is 78.4 Å². The third-order valence-electron chi connectivity index (χ3n) is 6.66. The van der Waals surface area contributed by atoms with E-state index in [0.29, 0.717) is 29.7 Å². The minimum Gasteiger partial charge on any atom is -0.484 e. The Kier molecular flexibility index (Phi) is 5.56. The van der Waals surface area contributed by atoms with Gasteiger partial charge in [-0.2, -0.15) is 0 Å². The Morgan fingerprint density at radius 2 is 1.79 bits per heavy atom. The molecule has 158 valence electrons. The molecule has 6 nitrogen and oxygen atoms in total. The predicted octanol–water partition coefficient (Wildman–Crippen LogP) is 2.49. The lowest BCUT2D eigenvalue weighted by molar-refractivity contribution is -0.135. The highest BCUT2D eigenvalue weighted by atomic mass is 16.5. The van der Waals surface area contributed by atoms with E-state index in [9.17, 15) is 9.59 Å². The lowest BCUT2D eigenvalue weighted by Gasteiger charge is -2.42. The summed E-state index contributed by atoms with van der Waals surface area (Å²) in [4.78, 5) is 32.5. The number of amides is 2. The third kappa shape index (κ3) is 4.27. The second-order valence-electron chi connectivity index (χ2n) is 9.49. The van der Waals surface area contributed by atoms with Crippen LogP contribution in [0.25, 0.3) is 0 Å². The maximum atomic E-state index is 13.3. The first-order valence-electron chi connectivity index (χ1n) is 10.9. The minimum atomic E-state index is -0.419. The number of rotatable bonds is 2. The average molecular weight is 400 g/mol. The SMILES string of the molecule is C[C@@H]1C[C@@H](C)CN(C(=O)CN2CC3(CCN(C)CC3)Oc3ccccc3C2=O)C1. The number of likely N-dealkylation sites (tertiary alicyclic amines) is 2. The van der Waals surface area contributed by atoms with Crippen molar-refractivity contribution in [2.24, 2.45) is 11.8 Å². The molecule has 3 aliphatic heterocycles. The van der Waals surface area contributed by atoms with Crippen molar-refractivity contribution < 1.29 is 14.3 Å². The molecule has 3 heterocycles. The number of carbonyl (C=O) groups excluding carboxylic acids is 2. The first-order chi connectivity index (χ1) is 13.8. The van der Waals surface area contributed by atoms with Crippen molar-refractivity contribution in [1.82, 2.24) is 14.7 Å². The van der Waals surface area contributed by atoms with Gasteiger partial charge in [0.15, 0.2) is 0 Å². The maximum absolute atomic E-state index is 13.3. The molecule has 0 radical (unpaired) electrons. The topological polar surface area (TPSA) is 53.1 Å². The van der Waals surface area contributed by atoms with E-state index in [4.69, 9.17) is 4.74 Å². The van der Waals surface area contributed by atoms with Crippen LogP contribution in [0.5, 0.6) is 5.75 Å². The summed E-state index contributed by atoms with van der Waals surface area (Å²) < 4.78 is 6.48. The van der Waals surface area contributed by atoms with Gasteiger partial charge in [0.2, 0.25) is 5.91 Å². The van der Waals surface area contributed by atoms with Crippen LogP contribution in [0.15, 0.2) is 24.3 Å². The van der Waals surface area contributed by atoms with Crippen LogP contribution in [0.4, 0.5) is 0 Å². The van der Waals surface area contributed by atoms with E-state index in [0.717, 1.165) is 45.4 Å². The highest BCUT2D eigenvalue weighted by molar-refractivity contribution is 5.99. The molecule has 2 amide bonds. The molecule has 4 rings (SSSR count). The van der Waals surface area contributed by atoms with Gasteiger partial charge in [0.05, 0.1) is 12.1 Å². The van der Waals surface area contributed by atoms with Crippen LogP contribution in [0.3, 0.4) is 0 Å². The van der Waals surface area contributed by atoms with Gasteiger partial charge in [0.1, 0.15) is 17.9 Å². The normalized spacial score (nSPS) is 27.3. The van der Waals surface area contributed by atoms with E-state index in [-0.39, 0.29) is 18.4 Å². The summed E-state index contributed by atoms with van der Waals surface area (Å²) in [6.45, 7) is 8.43. The Morgan fingerprint density at radius 3 is 2.48 bits per heavy atom. The lowest BCUT2D eigenvalue weighted by atomic mass is 9.90. The fraction of sp³-hybridized carbons (Fsp3) is 0.652. The molecule has 29 heavy (non-hydrogen) atoms. The first-order valence-corrected chi connectivity index (χ1v) is 10.9. The van der Waals surface area contributed by atoms with E-state index >= 15 is 0 Å². The number of para-hydroxylation sites is 1. The number of ether oxygens (including phenoxy) is 1. The highest BCUT2D eigenvalue weighted by Gasteiger charge is 2.43. The summed E-state index contributed by atoms with van der Waals surface area (Å²) >= 11 is 0. The van der Waals surface area contributed by atoms with Gasteiger partial charge in [-0.3, -0.25) is 9.59 Å². The Hall–Kier alpha value is -2.08. The van der Waals surface area contributed by atoms with Crippen LogP contribution in [0.1, 0.15) is 43.5 Å². The molecule has 2 fully saturated rings. The van der Waals surface area contributed by atoms with Gasteiger partial charge in [-0.25, -0.2) is 0 Å². The van der Waals surface area contributed by atoms with Gasteiger partial charge in [-0.15, -0.1) is 0 Å². The summed E-state index contributed by atoms with van der Waals surface area (Å²) in [6.07, 6.45) is 2.87. The molecule has 2 atom stereocenters.